The highest BCUT2D eigenvalue weighted by Gasteiger charge is 2.12. The van der Waals surface area contributed by atoms with Crippen molar-refractivity contribution in [2.45, 2.75) is 0 Å². The maximum atomic E-state index is 12.4. The van der Waals surface area contributed by atoms with Gasteiger partial charge in [-0.25, -0.2) is 13.2 Å². The molecule has 0 saturated carbocycles. The molecule has 0 radical (unpaired) electrons. The van der Waals surface area contributed by atoms with Crippen LogP contribution in [-0.2, 0) is 4.57 Å². The van der Waals surface area contributed by atoms with Gasteiger partial charge in [0.25, 0.3) is 0 Å². The van der Waals surface area contributed by atoms with Gasteiger partial charge in [-0.2, -0.15) is 0 Å². The van der Waals surface area contributed by atoms with Crippen molar-refractivity contribution in [3.8, 4) is 0 Å². The van der Waals surface area contributed by atoms with E-state index < -0.39 is 30.8 Å². The van der Waals surface area contributed by atoms with Crippen LogP contribution in [0.25, 0.3) is 0 Å². The zero-order valence-electron chi connectivity index (χ0n) is 5.64. The number of rotatable bonds is 1. The zero-order valence-corrected chi connectivity index (χ0v) is 6.64. The van der Waals surface area contributed by atoms with Gasteiger partial charge in [0.05, 0.1) is 0 Å². The lowest BCUT2D eigenvalue weighted by Gasteiger charge is -1.98. The van der Waals surface area contributed by atoms with E-state index in [2.05, 4.69) is 0 Å². The maximum Gasteiger partial charge on any atom is 0.218 e. The molecule has 1 N–H and O–H groups in total. The minimum atomic E-state index is -3.17. The normalized spacial score (nSPS) is 13.0. The Morgan fingerprint density at radius 3 is 1.92 bits per heavy atom. The third kappa shape index (κ3) is 1.68. The van der Waals surface area contributed by atoms with Crippen LogP contribution in [0.1, 0.15) is 0 Å². The summed E-state index contributed by atoms with van der Waals surface area (Å²) in [7, 11) is -3.17. The molecule has 0 heterocycles. The summed E-state index contributed by atoms with van der Waals surface area (Å²) in [5, 5.41) is -0.434. The van der Waals surface area contributed by atoms with Crippen molar-refractivity contribution in [1.29, 1.82) is 0 Å². The lowest BCUT2D eigenvalue weighted by Crippen LogP contribution is -2.02. The first-order valence-corrected chi connectivity index (χ1v) is 4.25. The van der Waals surface area contributed by atoms with E-state index in [0.29, 0.717) is 12.1 Å². The van der Waals surface area contributed by atoms with Gasteiger partial charge in [0, 0.05) is 5.30 Å². The van der Waals surface area contributed by atoms with Crippen LogP contribution in [0.15, 0.2) is 12.1 Å². The Labute approximate surface area is 66.5 Å². The third-order valence-electron chi connectivity index (χ3n) is 1.23. The summed E-state index contributed by atoms with van der Waals surface area (Å²) in [6.07, 6.45) is 0. The molecular formula is C6H4F3O2P. The average molecular weight is 196 g/mol. The summed E-state index contributed by atoms with van der Waals surface area (Å²) in [5.41, 5.74) is 0. The molecular weight excluding hydrogens is 192 g/mol. The number of hydrogen-bond acceptors (Lipinski definition) is 1. The zero-order chi connectivity index (χ0) is 9.30. The summed E-state index contributed by atoms with van der Waals surface area (Å²) in [6, 6.07) is 0.999. The molecule has 1 aromatic rings. The minimum absolute atomic E-state index is 0.434. The van der Waals surface area contributed by atoms with Crippen molar-refractivity contribution in [2.24, 2.45) is 0 Å². The quantitative estimate of drug-likeness (QED) is 0.541. The predicted molar refractivity (Wildman–Crippen MR) is 37.2 cm³/mol. The first-order chi connectivity index (χ1) is 5.52. The minimum Gasteiger partial charge on any atom is -0.343 e. The van der Waals surface area contributed by atoms with Crippen molar-refractivity contribution >= 4 is 13.3 Å². The number of hydrogen-bond donors (Lipinski definition) is 1. The summed E-state index contributed by atoms with van der Waals surface area (Å²) in [4.78, 5) is 8.45. The molecule has 0 aliphatic heterocycles. The molecule has 0 aliphatic carbocycles. The number of halogens is 3. The Kier molecular flexibility index (Phi) is 2.55. The van der Waals surface area contributed by atoms with Gasteiger partial charge in [-0.15, -0.1) is 0 Å². The van der Waals surface area contributed by atoms with E-state index in [4.69, 9.17) is 4.89 Å². The molecule has 1 rings (SSSR count). The third-order valence-corrected chi connectivity index (χ3v) is 2.01. The van der Waals surface area contributed by atoms with Crippen LogP contribution in [0.5, 0.6) is 0 Å². The van der Waals surface area contributed by atoms with Gasteiger partial charge in [0.2, 0.25) is 8.03 Å². The van der Waals surface area contributed by atoms with Crippen molar-refractivity contribution in [3.63, 3.8) is 0 Å². The molecule has 12 heavy (non-hydrogen) atoms. The average Bonchev–Trinajstić information content (AvgIpc) is 1.99. The molecule has 0 spiro atoms. The Morgan fingerprint density at radius 1 is 1.17 bits per heavy atom. The highest BCUT2D eigenvalue weighted by atomic mass is 31.1. The van der Waals surface area contributed by atoms with Crippen molar-refractivity contribution in [1.82, 2.24) is 0 Å². The van der Waals surface area contributed by atoms with E-state index in [9.17, 15) is 17.7 Å². The fourth-order valence-corrected chi connectivity index (χ4v) is 1.18. The molecule has 0 bridgehead atoms. The smallest absolute Gasteiger partial charge is 0.218 e. The largest absolute Gasteiger partial charge is 0.343 e. The fourth-order valence-electron chi connectivity index (χ4n) is 0.679. The predicted octanol–water partition coefficient (Wildman–Crippen LogP) is 1.20. The van der Waals surface area contributed by atoms with Crippen LogP contribution in [0.2, 0.25) is 0 Å². The van der Waals surface area contributed by atoms with Crippen LogP contribution in [-0.4, -0.2) is 4.89 Å². The highest BCUT2D eigenvalue weighted by Crippen LogP contribution is 2.17. The van der Waals surface area contributed by atoms with Crippen LogP contribution >= 0.6 is 8.03 Å². The highest BCUT2D eigenvalue weighted by molar-refractivity contribution is 7.47. The van der Waals surface area contributed by atoms with Gasteiger partial charge in [-0.05, 0) is 12.1 Å². The van der Waals surface area contributed by atoms with Crippen molar-refractivity contribution in [3.05, 3.63) is 29.6 Å². The molecule has 0 saturated heterocycles. The summed E-state index contributed by atoms with van der Waals surface area (Å²) >= 11 is 0. The summed E-state index contributed by atoms with van der Waals surface area (Å²) in [6.45, 7) is 0. The van der Waals surface area contributed by atoms with Crippen LogP contribution in [0, 0.1) is 17.5 Å². The Hall–Kier alpha value is -0.800. The molecule has 0 fully saturated rings. The van der Waals surface area contributed by atoms with Crippen molar-refractivity contribution < 1.29 is 22.6 Å². The SMILES string of the molecule is O=[PH](O)c1cc(F)c(F)c(F)c1. The molecule has 66 valence electrons. The van der Waals surface area contributed by atoms with Gasteiger partial charge < -0.3 is 4.89 Å². The van der Waals surface area contributed by atoms with E-state index in [-0.39, 0.29) is 0 Å². The summed E-state index contributed by atoms with van der Waals surface area (Å²) in [5.74, 6) is -4.56. The van der Waals surface area contributed by atoms with Gasteiger partial charge in [0.1, 0.15) is 0 Å². The second-order valence-corrected chi connectivity index (χ2v) is 3.25. The van der Waals surface area contributed by atoms with E-state index in [1.165, 1.54) is 0 Å². The molecule has 1 aromatic carbocycles. The monoisotopic (exact) mass is 196 g/mol. The molecule has 0 aliphatic rings. The first kappa shape index (κ1) is 9.29. The summed E-state index contributed by atoms with van der Waals surface area (Å²) < 4.78 is 47.3. The Balaban J connectivity index is 3.31. The molecule has 1 unspecified atom stereocenters. The van der Waals surface area contributed by atoms with Crippen LogP contribution in [0.3, 0.4) is 0 Å². The fraction of sp³-hybridized carbons (Fsp3) is 0. The van der Waals surface area contributed by atoms with E-state index in [1.807, 2.05) is 0 Å². The van der Waals surface area contributed by atoms with Gasteiger partial charge in [-0.3, -0.25) is 4.57 Å². The lowest BCUT2D eigenvalue weighted by molar-refractivity contribution is 0.447. The lowest BCUT2D eigenvalue weighted by atomic mass is 10.3. The van der Waals surface area contributed by atoms with Gasteiger partial charge in [0.15, 0.2) is 17.5 Å². The first-order valence-electron chi connectivity index (χ1n) is 2.90. The van der Waals surface area contributed by atoms with E-state index in [1.54, 1.807) is 0 Å². The van der Waals surface area contributed by atoms with E-state index >= 15 is 0 Å². The second kappa shape index (κ2) is 3.29. The van der Waals surface area contributed by atoms with Crippen molar-refractivity contribution in [2.75, 3.05) is 0 Å². The Morgan fingerprint density at radius 2 is 1.58 bits per heavy atom. The van der Waals surface area contributed by atoms with Crippen LogP contribution < -0.4 is 5.30 Å². The van der Waals surface area contributed by atoms with E-state index in [0.717, 1.165) is 0 Å². The molecule has 1 atom stereocenters. The van der Waals surface area contributed by atoms with Crippen LogP contribution in [0.4, 0.5) is 13.2 Å². The van der Waals surface area contributed by atoms with Gasteiger partial charge in [-0.1, -0.05) is 0 Å². The molecule has 0 aromatic heterocycles. The second-order valence-electron chi connectivity index (χ2n) is 2.06. The Bertz CT molecular complexity index is 317. The molecule has 0 amide bonds. The maximum absolute atomic E-state index is 12.4. The standard InChI is InChI=1S/C6H4F3O2P/c7-4-1-3(12(10)11)2-5(8)6(4)9/h1-2,12H,(H,10,11). The molecule has 6 heteroatoms. The molecule has 2 nitrogen and oxygen atoms in total. The number of benzene rings is 1. The topological polar surface area (TPSA) is 37.3 Å². The van der Waals surface area contributed by atoms with Gasteiger partial charge >= 0.3 is 0 Å².